The molecule has 1 fully saturated rings. The number of rotatable bonds is 4. The predicted octanol–water partition coefficient (Wildman–Crippen LogP) is 2.74. The third-order valence-corrected chi connectivity index (χ3v) is 4.80. The Labute approximate surface area is 130 Å². The van der Waals surface area contributed by atoms with Gasteiger partial charge in [0.15, 0.2) is 0 Å². The molecule has 2 aliphatic rings. The van der Waals surface area contributed by atoms with Crippen LogP contribution in [-0.4, -0.2) is 35.0 Å². The molecule has 0 bridgehead atoms. The molecule has 4 heteroatoms. The molecule has 1 aliphatic carbocycles. The fraction of sp³-hybridized carbons (Fsp3) is 0.444. The summed E-state index contributed by atoms with van der Waals surface area (Å²) in [5, 5.41) is 8.87. The number of carbonyl (C=O) groups is 2. The van der Waals surface area contributed by atoms with Crippen LogP contribution in [0.1, 0.15) is 35.2 Å². The number of benzene rings is 1. The Balaban J connectivity index is 1.51. The third-order valence-electron chi connectivity index (χ3n) is 4.80. The number of allylic oxidation sites excluding steroid dienone is 2. The molecule has 0 spiro atoms. The van der Waals surface area contributed by atoms with E-state index in [1.54, 1.807) is 24.3 Å². The zero-order valence-electron chi connectivity index (χ0n) is 12.6. The minimum Gasteiger partial charge on any atom is -0.478 e. The second kappa shape index (κ2) is 6.34. The van der Waals surface area contributed by atoms with E-state index >= 15 is 0 Å². The van der Waals surface area contributed by atoms with Gasteiger partial charge in [-0.3, -0.25) is 4.79 Å². The van der Waals surface area contributed by atoms with Crippen molar-refractivity contribution in [3.8, 4) is 0 Å². The number of aryl methyl sites for hydroxylation is 1. The van der Waals surface area contributed by atoms with Crippen molar-refractivity contribution in [1.82, 2.24) is 4.90 Å². The quantitative estimate of drug-likeness (QED) is 0.870. The first-order valence-electron chi connectivity index (χ1n) is 7.88. The van der Waals surface area contributed by atoms with Gasteiger partial charge in [-0.25, -0.2) is 4.79 Å². The minimum atomic E-state index is -0.920. The molecule has 0 unspecified atom stereocenters. The summed E-state index contributed by atoms with van der Waals surface area (Å²) < 4.78 is 0. The number of carboxylic acids is 1. The van der Waals surface area contributed by atoms with Gasteiger partial charge in [-0.15, -0.1) is 0 Å². The van der Waals surface area contributed by atoms with Crippen LogP contribution in [0.4, 0.5) is 0 Å². The first-order valence-corrected chi connectivity index (χ1v) is 7.88. The van der Waals surface area contributed by atoms with Gasteiger partial charge in [-0.05, 0) is 48.8 Å². The third kappa shape index (κ3) is 3.21. The molecule has 1 aliphatic heterocycles. The molecule has 0 saturated carbocycles. The molecule has 3 rings (SSSR count). The van der Waals surface area contributed by atoms with Crippen LogP contribution in [0.25, 0.3) is 0 Å². The summed E-state index contributed by atoms with van der Waals surface area (Å²) in [5.41, 5.74) is 1.29. The summed E-state index contributed by atoms with van der Waals surface area (Å²) >= 11 is 0. The van der Waals surface area contributed by atoms with Crippen LogP contribution in [-0.2, 0) is 11.2 Å². The molecule has 1 aromatic carbocycles. The second-order valence-corrected chi connectivity index (χ2v) is 6.26. The monoisotopic (exact) mass is 299 g/mol. The maximum Gasteiger partial charge on any atom is 0.335 e. The Kier molecular flexibility index (Phi) is 4.27. The molecular formula is C18H21NO3. The van der Waals surface area contributed by atoms with Gasteiger partial charge in [0.05, 0.1) is 5.56 Å². The van der Waals surface area contributed by atoms with E-state index in [4.69, 9.17) is 5.11 Å². The van der Waals surface area contributed by atoms with Gasteiger partial charge in [0.2, 0.25) is 5.91 Å². The van der Waals surface area contributed by atoms with Crippen LogP contribution >= 0.6 is 0 Å². The first kappa shape index (κ1) is 14.8. The highest BCUT2D eigenvalue weighted by molar-refractivity contribution is 5.87. The zero-order chi connectivity index (χ0) is 15.5. The maximum absolute atomic E-state index is 12.3. The summed E-state index contributed by atoms with van der Waals surface area (Å²) in [6, 6.07) is 6.78. The predicted molar refractivity (Wildman–Crippen MR) is 83.7 cm³/mol. The van der Waals surface area contributed by atoms with E-state index in [0.29, 0.717) is 24.7 Å². The molecule has 1 amide bonds. The van der Waals surface area contributed by atoms with Crippen LogP contribution in [0.15, 0.2) is 36.4 Å². The highest BCUT2D eigenvalue weighted by atomic mass is 16.4. The largest absolute Gasteiger partial charge is 0.478 e. The number of likely N-dealkylation sites (tertiary alicyclic amines) is 1. The number of amides is 1. The number of hydrogen-bond acceptors (Lipinski definition) is 2. The lowest BCUT2D eigenvalue weighted by Crippen LogP contribution is -2.29. The zero-order valence-corrected chi connectivity index (χ0v) is 12.6. The van der Waals surface area contributed by atoms with E-state index in [0.717, 1.165) is 31.5 Å². The summed E-state index contributed by atoms with van der Waals surface area (Å²) in [6.45, 7) is 1.79. The smallest absolute Gasteiger partial charge is 0.335 e. The molecule has 0 aromatic heterocycles. The molecule has 1 aromatic rings. The normalized spacial score (nSPS) is 23.4. The number of nitrogens with zero attached hydrogens (tertiary/aromatic N) is 1. The Morgan fingerprint density at radius 1 is 1.05 bits per heavy atom. The molecule has 0 radical (unpaired) electrons. The number of hydrogen-bond donors (Lipinski definition) is 1. The van der Waals surface area contributed by atoms with Gasteiger partial charge in [0, 0.05) is 19.5 Å². The number of carboxylic acid groups (broad SMARTS) is 1. The molecule has 1 saturated heterocycles. The lowest BCUT2D eigenvalue weighted by atomic mass is 9.86. The van der Waals surface area contributed by atoms with Gasteiger partial charge in [0.25, 0.3) is 0 Å². The van der Waals surface area contributed by atoms with Gasteiger partial charge in [-0.1, -0.05) is 24.3 Å². The van der Waals surface area contributed by atoms with Crippen LogP contribution in [0.2, 0.25) is 0 Å². The van der Waals surface area contributed by atoms with Crippen LogP contribution in [0.5, 0.6) is 0 Å². The SMILES string of the molecule is O=C(O)c1ccc(CCC(=O)N2C[C@H]3CC=CC[C@H]3C2)cc1. The van der Waals surface area contributed by atoms with Crippen molar-refractivity contribution >= 4 is 11.9 Å². The van der Waals surface area contributed by atoms with E-state index < -0.39 is 5.97 Å². The summed E-state index contributed by atoms with van der Waals surface area (Å²) in [5.74, 6) is 0.584. The summed E-state index contributed by atoms with van der Waals surface area (Å²) in [6.07, 6.45) is 7.84. The molecule has 2 atom stereocenters. The van der Waals surface area contributed by atoms with Crippen molar-refractivity contribution in [1.29, 1.82) is 0 Å². The highest BCUT2D eigenvalue weighted by Gasteiger charge is 2.34. The van der Waals surface area contributed by atoms with Gasteiger partial charge < -0.3 is 10.0 Å². The number of fused-ring (bicyclic) bond motifs is 1. The molecule has 116 valence electrons. The van der Waals surface area contributed by atoms with E-state index in [1.165, 1.54) is 0 Å². The first-order chi connectivity index (χ1) is 10.6. The topological polar surface area (TPSA) is 57.6 Å². The van der Waals surface area contributed by atoms with Crippen LogP contribution in [0.3, 0.4) is 0 Å². The number of aromatic carboxylic acids is 1. The van der Waals surface area contributed by atoms with E-state index in [-0.39, 0.29) is 11.5 Å². The number of carbonyl (C=O) groups excluding carboxylic acids is 1. The van der Waals surface area contributed by atoms with E-state index in [1.807, 2.05) is 4.90 Å². The Morgan fingerprint density at radius 3 is 2.18 bits per heavy atom. The van der Waals surface area contributed by atoms with Crippen LogP contribution in [0, 0.1) is 11.8 Å². The van der Waals surface area contributed by atoms with Crippen molar-refractivity contribution in [2.75, 3.05) is 13.1 Å². The molecular weight excluding hydrogens is 278 g/mol. The summed E-state index contributed by atoms with van der Waals surface area (Å²) in [7, 11) is 0. The van der Waals surface area contributed by atoms with E-state index in [2.05, 4.69) is 12.2 Å². The van der Waals surface area contributed by atoms with Gasteiger partial charge in [0.1, 0.15) is 0 Å². The lowest BCUT2D eigenvalue weighted by Gasteiger charge is -2.17. The summed E-state index contributed by atoms with van der Waals surface area (Å²) in [4.78, 5) is 25.2. The Bertz CT molecular complexity index is 575. The van der Waals surface area contributed by atoms with E-state index in [9.17, 15) is 9.59 Å². The average molecular weight is 299 g/mol. The fourth-order valence-electron chi connectivity index (χ4n) is 3.44. The van der Waals surface area contributed by atoms with Crippen molar-refractivity contribution in [2.45, 2.75) is 25.7 Å². The van der Waals surface area contributed by atoms with Crippen LogP contribution < -0.4 is 0 Å². The maximum atomic E-state index is 12.3. The van der Waals surface area contributed by atoms with Crippen molar-refractivity contribution < 1.29 is 14.7 Å². The standard InChI is InChI=1S/C18H21NO3/c20-17(19-11-15-3-1-2-4-16(15)12-19)10-7-13-5-8-14(9-6-13)18(21)22/h1-2,5-6,8-9,15-16H,3-4,7,10-12H2,(H,21,22)/t15-,16+. The molecule has 4 nitrogen and oxygen atoms in total. The molecule has 22 heavy (non-hydrogen) atoms. The highest BCUT2D eigenvalue weighted by Crippen LogP contribution is 2.33. The minimum absolute atomic E-state index is 0.219. The second-order valence-electron chi connectivity index (χ2n) is 6.26. The van der Waals surface area contributed by atoms with Gasteiger partial charge >= 0.3 is 5.97 Å². The lowest BCUT2D eigenvalue weighted by molar-refractivity contribution is -0.130. The molecule has 1 N–H and O–H groups in total. The van der Waals surface area contributed by atoms with Crippen molar-refractivity contribution in [3.63, 3.8) is 0 Å². The van der Waals surface area contributed by atoms with Crippen molar-refractivity contribution in [2.24, 2.45) is 11.8 Å². The van der Waals surface area contributed by atoms with Crippen molar-refractivity contribution in [3.05, 3.63) is 47.5 Å². The van der Waals surface area contributed by atoms with Gasteiger partial charge in [-0.2, -0.15) is 0 Å². The average Bonchev–Trinajstić information content (AvgIpc) is 2.97. The fourth-order valence-corrected chi connectivity index (χ4v) is 3.44. The Morgan fingerprint density at radius 2 is 1.64 bits per heavy atom. The molecule has 1 heterocycles. The Hall–Kier alpha value is -2.10.